The van der Waals surface area contributed by atoms with Crippen LogP contribution < -0.4 is 15.4 Å². The Bertz CT molecular complexity index is 944. The molecule has 1 saturated heterocycles. The second kappa shape index (κ2) is 9.75. The van der Waals surface area contributed by atoms with Crippen LogP contribution in [0.4, 0.5) is 0 Å². The zero-order valence-electron chi connectivity index (χ0n) is 16.9. The molecule has 1 aliphatic rings. The first kappa shape index (κ1) is 21.8. The minimum atomic E-state index is -0.238. The van der Waals surface area contributed by atoms with Gasteiger partial charge in [0, 0.05) is 29.7 Å². The van der Waals surface area contributed by atoms with Crippen LogP contribution in [0.2, 0.25) is 0 Å². The lowest BCUT2D eigenvalue weighted by atomic mass is 10.1. The summed E-state index contributed by atoms with van der Waals surface area (Å²) in [7, 11) is 0. The molecule has 3 rings (SSSR count). The maximum atomic E-state index is 12.6. The summed E-state index contributed by atoms with van der Waals surface area (Å²) in [6, 6.07) is 12.3. The molecular formula is C22H24BrN3O4. The highest BCUT2D eigenvalue weighted by Crippen LogP contribution is 2.25. The van der Waals surface area contributed by atoms with E-state index in [0.29, 0.717) is 36.5 Å². The van der Waals surface area contributed by atoms with Gasteiger partial charge in [-0.1, -0.05) is 28.1 Å². The number of carbonyl (C=O) groups excluding carboxylic acids is 3. The molecule has 0 aliphatic carbocycles. The molecule has 0 atom stereocenters. The summed E-state index contributed by atoms with van der Waals surface area (Å²) in [6.07, 6.45) is -0.0538. The lowest BCUT2D eigenvalue weighted by Gasteiger charge is -2.26. The average molecular weight is 474 g/mol. The van der Waals surface area contributed by atoms with E-state index >= 15 is 0 Å². The van der Waals surface area contributed by atoms with Crippen molar-refractivity contribution in [1.29, 1.82) is 0 Å². The lowest BCUT2D eigenvalue weighted by molar-refractivity contribution is -0.123. The molecule has 7 nitrogen and oxygen atoms in total. The third-order valence-corrected chi connectivity index (χ3v) is 5.02. The average Bonchev–Trinajstić information content (AvgIpc) is 2.71. The van der Waals surface area contributed by atoms with E-state index in [9.17, 15) is 14.4 Å². The Morgan fingerprint density at radius 2 is 1.93 bits per heavy atom. The van der Waals surface area contributed by atoms with Crippen molar-refractivity contribution in [2.45, 2.75) is 26.5 Å². The molecule has 1 aliphatic heterocycles. The van der Waals surface area contributed by atoms with Crippen molar-refractivity contribution in [3.05, 3.63) is 63.6 Å². The van der Waals surface area contributed by atoms with Gasteiger partial charge in [0.15, 0.2) is 0 Å². The molecule has 0 saturated carbocycles. The van der Waals surface area contributed by atoms with Crippen molar-refractivity contribution in [2.75, 3.05) is 19.6 Å². The van der Waals surface area contributed by atoms with E-state index in [1.54, 1.807) is 42.5 Å². The van der Waals surface area contributed by atoms with Gasteiger partial charge < -0.3 is 20.3 Å². The van der Waals surface area contributed by atoms with Gasteiger partial charge in [-0.25, -0.2) is 0 Å². The van der Waals surface area contributed by atoms with Gasteiger partial charge in [-0.2, -0.15) is 0 Å². The summed E-state index contributed by atoms with van der Waals surface area (Å²) >= 11 is 3.40. The number of hydrogen-bond donors (Lipinski definition) is 2. The third kappa shape index (κ3) is 5.60. The number of rotatable bonds is 6. The van der Waals surface area contributed by atoms with Crippen LogP contribution in [0.1, 0.15) is 40.1 Å². The smallest absolute Gasteiger partial charge is 0.255 e. The summed E-state index contributed by atoms with van der Waals surface area (Å²) in [5, 5.41) is 5.58. The molecule has 1 heterocycles. The van der Waals surface area contributed by atoms with Crippen molar-refractivity contribution in [3.8, 4) is 5.75 Å². The Morgan fingerprint density at radius 3 is 2.60 bits per heavy atom. The van der Waals surface area contributed by atoms with Gasteiger partial charge in [0.05, 0.1) is 18.2 Å². The summed E-state index contributed by atoms with van der Waals surface area (Å²) < 4.78 is 6.58. The molecule has 2 aromatic rings. The molecule has 158 valence electrons. The van der Waals surface area contributed by atoms with E-state index in [2.05, 4.69) is 26.6 Å². The van der Waals surface area contributed by atoms with Gasteiger partial charge in [-0.15, -0.1) is 0 Å². The first-order valence-electron chi connectivity index (χ1n) is 9.73. The normalized spacial score (nSPS) is 13.7. The Balaban J connectivity index is 1.62. The zero-order chi connectivity index (χ0) is 21.7. The molecule has 2 aromatic carbocycles. The number of piperazine rings is 1. The number of hydrogen-bond acceptors (Lipinski definition) is 4. The molecule has 8 heteroatoms. The SMILES string of the molecule is CC(C)Oc1cc(Br)ccc1C(=O)NCc1ccc(C(=O)N2CCNC(=O)C2)cc1. The van der Waals surface area contributed by atoms with Crippen LogP contribution in [-0.2, 0) is 11.3 Å². The molecule has 1 fully saturated rings. The van der Waals surface area contributed by atoms with Gasteiger partial charge >= 0.3 is 0 Å². The van der Waals surface area contributed by atoms with E-state index in [1.807, 2.05) is 13.8 Å². The van der Waals surface area contributed by atoms with Crippen molar-refractivity contribution in [2.24, 2.45) is 0 Å². The fraction of sp³-hybridized carbons (Fsp3) is 0.318. The number of benzene rings is 2. The highest BCUT2D eigenvalue weighted by Gasteiger charge is 2.22. The van der Waals surface area contributed by atoms with Crippen LogP contribution in [0.3, 0.4) is 0 Å². The maximum Gasteiger partial charge on any atom is 0.255 e. The highest BCUT2D eigenvalue weighted by molar-refractivity contribution is 9.10. The Labute approximate surface area is 183 Å². The van der Waals surface area contributed by atoms with Crippen molar-refractivity contribution in [1.82, 2.24) is 15.5 Å². The first-order valence-corrected chi connectivity index (χ1v) is 10.5. The number of carbonyl (C=O) groups is 3. The fourth-order valence-electron chi connectivity index (χ4n) is 3.07. The molecule has 30 heavy (non-hydrogen) atoms. The highest BCUT2D eigenvalue weighted by atomic mass is 79.9. The van der Waals surface area contributed by atoms with Gasteiger partial charge in [0.1, 0.15) is 5.75 Å². The Morgan fingerprint density at radius 1 is 1.20 bits per heavy atom. The van der Waals surface area contributed by atoms with Crippen LogP contribution in [-0.4, -0.2) is 48.4 Å². The zero-order valence-corrected chi connectivity index (χ0v) is 18.5. The van der Waals surface area contributed by atoms with Crippen LogP contribution in [0, 0.1) is 0 Å². The summed E-state index contributed by atoms with van der Waals surface area (Å²) in [4.78, 5) is 38.2. The predicted molar refractivity (Wildman–Crippen MR) is 116 cm³/mol. The number of ether oxygens (including phenoxy) is 1. The summed E-state index contributed by atoms with van der Waals surface area (Å²) in [6.45, 7) is 5.16. The van der Waals surface area contributed by atoms with Gasteiger partial charge in [0.25, 0.3) is 11.8 Å². The van der Waals surface area contributed by atoms with Crippen LogP contribution in [0.15, 0.2) is 46.9 Å². The second-order valence-corrected chi connectivity index (χ2v) is 8.18. The predicted octanol–water partition coefficient (Wildman–Crippen LogP) is 2.74. The Hall–Kier alpha value is -2.87. The monoisotopic (exact) mass is 473 g/mol. The number of nitrogens with zero attached hydrogens (tertiary/aromatic N) is 1. The molecular weight excluding hydrogens is 450 g/mol. The molecule has 2 N–H and O–H groups in total. The summed E-state index contributed by atoms with van der Waals surface area (Å²) in [5.41, 5.74) is 1.84. The molecule has 0 radical (unpaired) electrons. The van der Waals surface area contributed by atoms with Crippen molar-refractivity contribution < 1.29 is 19.1 Å². The van der Waals surface area contributed by atoms with Crippen LogP contribution in [0.5, 0.6) is 5.75 Å². The number of halogens is 1. The first-order chi connectivity index (χ1) is 14.3. The maximum absolute atomic E-state index is 12.6. The van der Waals surface area contributed by atoms with E-state index in [4.69, 9.17) is 4.74 Å². The fourth-order valence-corrected chi connectivity index (χ4v) is 3.41. The van der Waals surface area contributed by atoms with Crippen LogP contribution >= 0.6 is 15.9 Å². The van der Waals surface area contributed by atoms with E-state index in [1.165, 1.54) is 4.90 Å². The standard InChI is InChI=1S/C22H24BrN3O4/c1-14(2)30-19-11-17(23)7-8-18(19)21(28)25-12-15-3-5-16(6-4-15)22(29)26-10-9-24-20(27)13-26/h3-8,11,14H,9-10,12-13H2,1-2H3,(H,24,27)(H,25,28). The van der Waals surface area contributed by atoms with Gasteiger partial charge in [-0.05, 0) is 49.7 Å². The lowest BCUT2D eigenvalue weighted by Crippen LogP contribution is -2.49. The molecule has 3 amide bonds. The second-order valence-electron chi connectivity index (χ2n) is 7.26. The minimum Gasteiger partial charge on any atom is -0.490 e. The van der Waals surface area contributed by atoms with Crippen molar-refractivity contribution in [3.63, 3.8) is 0 Å². The number of amides is 3. The number of nitrogens with one attached hydrogen (secondary N) is 2. The quantitative estimate of drug-likeness (QED) is 0.674. The Kier molecular flexibility index (Phi) is 7.10. The molecule has 0 bridgehead atoms. The minimum absolute atomic E-state index is 0.0538. The topological polar surface area (TPSA) is 87.7 Å². The molecule has 0 unspecified atom stereocenters. The van der Waals surface area contributed by atoms with E-state index in [0.717, 1.165) is 10.0 Å². The third-order valence-electron chi connectivity index (χ3n) is 4.53. The van der Waals surface area contributed by atoms with E-state index in [-0.39, 0.29) is 30.4 Å². The molecule has 0 spiro atoms. The van der Waals surface area contributed by atoms with Crippen LogP contribution in [0.25, 0.3) is 0 Å². The van der Waals surface area contributed by atoms with E-state index < -0.39 is 0 Å². The van der Waals surface area contributed by atoms with Gasteiger partial charge in [-0.3, -0.25) is 14.4 Å². The van der Waals surface area contributed by atoms with Crippen molar-refractivity contribution >= 4 is 33.7 Å². The largest absolute Gasteiger partial charge is 0.490 e. The summed E-state index contributed by atoms with van der Waals surface area (Å²) in [5.74, 6) is -0.0468. The van der Waals surface area contributed by atoms with Gasteiger partial charge in [0.2, 0.25) is 5.91 Å². The molecule has 0 aromatic heterocycles.